The summed E-state index contributed by atoms with van der Waals surface area (Å²) in [7, 11) is 0. The zero-order valence-corrected chi connectivity index (χ0v) is 12.3. The van der Waals surface area contributed by atoms with Crippen LogP contribution in [0.4, 0.5) is 4.39 Å². The zero-order chi connectivity index (χ0) is 14.4. The van der Waals surface area contributed by atoms with Crippen LogP contribution < -0.4 is 0 Å². The van der Waals surface area contributed by atoms with Gasteiger partial charge in [0, 0.05) is 38.8 Å². The summed E-state index contributed by atoms with van der Waals surface area (Å²) in [6.45, 7) is 7.46. The van der Waals surface area contributed by atoms with Crippen LogP contribution in [-0.2, 0) is 6.42 Å². The lowest BCUT2D eigenvalue weighted by Gasteiger charge is -2.38. The second-order valence-electron chi connectivity index (χ2n) is 5.62. The summed E-state index contributed by atoms with van der Waals surface area (Å²) in [5, 5.41) is 8.94. The number of rotatable bonds is 6. The van der Waals surface area contributed by atoms with Gasteiger partial charge < -0.3 is 5.11 Å². The van der Waals surface area contributed by atoms with Crippen LogP contribution in [-0.4, -0.2) is 60.3 Å². The van der Waals surface area contributed by atoms with Crippen molar-refractivity contribution in [3.05, 3.63) is 35.6 Å². The van der Waals surface area contributed by atoms with Crippen molar-refractivity contribution in [3.63, 3.8) is 0 Å². The first-order chi connectivity index (χ1) is 9.69. The third kappa shape index (κ3) is 4.54. The first kappa shape index (κ1) is 15.4. The van der Waals surface area contributed by atoms with Gasteiger partial charge in [-0.1, -0.05) is 12.1 Å². The molecule has 1 saturated heterocycles. The molecule has 0 saturated carbocycles. The molecule has 0 radical (unpaired) electrons. The Hall–Kier alpha value is -0.970. The minimum Gasteiger partial charge on any atom is -0.395 e. The van der Waals surface area contributed by atoms with E-state index in [0.29, 0.717) is 6.04 Å². The Labute approximate surface area is 121 Å². The number of hydrogen-bond acceptors (Lipinski definition) is 3. The van der Waals surface area contributed by atoms with Crippen LogP contribution >= 0.6 is 0 Å². The van der Waals surface area contributed by atoms with Crippen molar-refractivity contribution in [2.75, 3.05) is 39.3 Å². The van der Waals surface area contributed by atoms with E-state index in [2.05, 4.69) is 16.7 Å². The molecular formula is C16H25FN2O. The smallest absolute Gasteiger partial charge is 0.123 e. The molecule has 4 heteroatoms. The minimum absolute atomic E-state index is 0.146. The van der Waals surface area contributed by atoms with Gasteiger partial charge >= 0.3 is 0 Å². The van der Waals surface area contributed by atoms with E-state index < -0.39 is 0 Å². The Morgan fingerprint density at radius 3 is 2.65 bits per heavy atom. The van der Waals surface area contributed by atoms with Crippen LogP contribution in [0.25, 0.3) is 0 Å². The Morgan fingerprint density at radius 1 is 1.25 bits per heavy atom. The number of nitrogens with zero attached hydrogens (tertiary/aromatic N) is 2. The molecule has 1 aliphatic heterocycles. The van der Waals surface area contributed by atoms with Crippen LogP contribution in [0.2, 0.25) is 0 Å². The van der Waals surface area contributed by atoms with E-state index in [0.717, 1.165) is 51.1 Å². The monoisotopic (exact) mass is 280 g/mol. The Morgan fingerprint density at radius 2 is 2.00 bits per heavy atom. The molecule has 1 aromatic carbocycles. The van der Waals surface area contributed by atoms with Gasteiger partial charge in [-0.05, 0) is 37.5 Å². The van der Waals surface area contributed by atoms with Crippen LogP contribution in [0.3, 0.4) is 0 Å². The predicted octanol–water partition coefficient (Wildman–Crippen LogP) is 1.76. The summed E-state index contributed by atoms with van der Waals surface area (Å²) >= 11 is 0. The molecular weight excluding hydrogens is 255 g/mol. The topological polar surface area (TPSA) is 26.7 Å². The molecule has 0 unspecified atom stereocenters. The maximum absolute atomic E-state index is 13.1. The molecule has 0 aromatic heterocycles. The van der Waals surface area contributed by atoms with Gasteiger partial charge in [0.25, 0.3) is 0 Å². The molecule has 0 bridgehead atoms. The highest BCUT2D eigenvalue weighted by Crippen LogP contribution is 2.13. The van der Waals surface area contributed by atoms with Crippen molar-refractivity contribution in [3.8, 4) is 0 Å². The molecule has 20 heavy (non-hydrogen) atoms. The maximum atomic E-state index is 13.1. The van der Waals surface area contributed by atoms with E-state index >= 15 is 0 Å². The lowest BCUT2D eigenvalue weighted by molar-refractivity contribution is 0.0862. The zero-order valence-electron chi connectivity index (χ0n) is 12.3. The van der Waals surface area contributed by atoms with Crippen molar-refractivity contribution in [2.45, 2.75) is 25.8 Å². The number of aryl methyl sites for hydroxylation is 1. The summed E-state index contributed by atoms with van der Waals surface area (Å²) in [5.74, 6) is -0.146. The lowest BCUT2D eigenvalue weighted by Crippen LogP contribution is -2.50. The van der Waals surface area contributed by atoms with E-state index in [-0.39, 0.29) is 12.4 Å². The Kier molecular flexibility index (Phi) is 5.95. The van der Waals surface area contributed by atoms with E-state index in [4.69, 9.17) is 5.11 Å². The lowest BCUT2D eigenvalue weighted by atomic mass is 10.0. The highest BCUT2D eigenvalue weighted by molar-refractivity contribution is 5.16. The van der Waals surface area contributed by atoms with Crippen molar-refractivity contribution < 1.29 is 9.50 Å². The first-order valence-corrected chi connectivity index (χ1v) is 7.51. The molecule has 1 heterocycles. The molecule has 0 spiro atoms. The molecule has 1 fully saturated rings. The van der Waals surface area contributed by atoms with Crippen molar-refractivity contribution >= 4 is 0 Å². The van der Waals surface area contributed by atoms with Crippen molar-refractivity contribution in [1.29, 1.82) is 0 Å². The first-order valence-electron chi connectivity index (χ1n) is 7.51. The molecule has 1 aromatic rings. The predicted molar refractivity (Wildman–Crippen MR) is 79.3 cm³/mol. The molecule has 3 nitrogen and oxygen atoms in total. The minimum atomic E-state index is -0.146. The summed E-state index contributed by atoms with van der Waals surface area (Å²) in [6, 6.07) is 7.42. The molecule has 1 aliphatic rings. The standard InChI is InChI=1S/C16H25FN2O/c1-14(5-6-15-3-2-4-16(17)13-15)19-9-7-18(8-10-19)11-12-20/h2-4,13-14,20H,5-12H2,1H3/t14-/m0/s1. The fraction of sp³-hybridized carbons (Fsp3) is 0.625. The third-order valence-corrected chi connectivity index (χ3v) is 4.19. The number of piperazine rings is 1. The van der Waals surface area contributed by atoms with Gasteiger partial charge in [-0.3, -0.25) is 9.80 Å². The SMILES string of the molecule is C[C@@H](CCc1cccc(F)c1)N1CCN(CCO)CC1. The Bertz CT molecular complexity index is 405. The van der Waals surface area contributed by atoms with Crippen molar-refractivity contribution in [1.82, 2.24) is 9.80 Å². The number of aliphatic hydroxyl groups is 1. The molecule has 112 valence electrons. The van der Waals surface area contributed by atoms with Gasteiger partial charge in [-0.25, -0.2) is 4.39 Å². The molecule has 1 N–H and O–H groups in total. The summed E-state index contributed by atoms with van der Waals surface area (Å²) in [5.41, 5.74) is 1.08. The van der Waals surface area contributed by atoms with Crippen molar-refractivity contribution in [2.24, 2.45) is 0 Å². The summed E-state index contributed by atoms with van der Waals surface area (Å²) in [4.78, 5) is 4.79. The highest BCUT2D eigenvalue weighted by Gasteiger charge is 2.20. The quantitative estimate of drug-likeness (QED) is 0.860. The van der Waals surface area contributed by atoms with Crippen LogP contribution in [0, 0.1) is 5.82 Å². The molecule has 1 atom stereocenters. The number of β-amino-alcohol motifs (C(OH)–C–C–N with tert-alkyl or cyclic N) is 1. The maximum Gasteiger partial charge on any atom is 0.123 e. The Balaban J connectivity index is 1.74. The van der Waals surface area contributed by atoms with Crippen LogP contribution in [0.1, 0.15) is 18.9 Å². The largest absolute Gasteiger partial charge is 0.395 e. The molecule has 0 amide bonds. The van der Waals surface area contributed by atoms with Gasteiger partial charge in [0.1, 0.15) is 5.82 Å². The number of aliphatic hydroxyl groups excluding tert-OH is 1. The number of benzene rings is 1. The second-order valence-corrected chi connectivity index (χ2v) is 5.62. The number of halogens is 1. The van der Waals surface area contributed by atoms with E-state index in [1.165, 1.54) is 6.07 Å². The van der Waals surface area contributed by atoms with Gasteiger partial charge in [-0.15, -0.1) is 0 Å². The van der Waals surface area contributed by atoms with E-state index in [1.807, 2.05) is 6.07 Å². The van der Waals surface area contributed by atoms with Crippen LogP contribution in [0.15, 0.2) is 24.3 Å². The van der Waals surface area contributed by atoms with Gasteiger partial charge in [0.15, 0.2) is 0 Å². The molecule has 0 aliphatic carbocycles. The second kappa shape index (κ2) is 7.72. The van der Waals surface area contributed by atoms with Gasteiger partial charge in [0.05, 0.1) is 6.61 Å². The van der Waals surface area contributed by atoms with E-state index in [1.54, 1.807) is 12.1 Å². The fourth-order valence-corrected chi connectivity index (χ4v) is 2.82. The van der Waals surface area contributed by atoms with Crippen LogP contribution in [0.5, 0.6) is 0 Å². The summed E-state index contributed by atoms with van der Waals surface area (Å²) < 4.78 is 13.1. The number of hydrogen-bond donors (Lipinski definition) is 1. The average Bonchev–Trinajstić information content (AvgIpc) is 2.46. The molecule has 2 rings (SSSR count). The van der Waals surface area contributed by atoms with Gasteiger partial charge in [0.2, 0.25) is 0 Å². The average molecular weight is 280 g/mol. The highest BCUT2D eigenvalue weighted by atomic mass is 19.1. The summed E-state index contributed by atoms with van der Waals surface area (Å²) in [6.07, 6.45) is 1.99. The fourth-order valence-electron chi connectivity index (χ4n) is 2.82. The van der Waals surface area contributed by atoms with Gasteiger partial charge in [-0.2, -0.15) is 0 Å². The normalized spacial score (nSPS) is 19.1. The third-order valence-electron chi connectivity index (χ3n) is 4.19. The van der Waals surface area contributed by atoms with E-state index in [9.17, 15) is 4.39 Å².